The van der Waals surface area contributed by atoms with Crippen LogP contribution in [-0.2, 0) is 11.3 Å². The van der Waals surface area contributed by atoms with Gasteiger partial charge in [-0.2, -0.15) is 5.10 Å². The second kappa shape index (κ2) is 9.23. The maximum Gasteiger partial charge on any atom is 0.263 e. The Morgan fingerprint density at radius 1 is 1.15 bits per heavy atom. The molecule has 8 heteroatoms. The molecule has 3 aromatic rings. The van der Waals surface area contributed by atoms with Crippen molar-refractivity contribution in [1.29, 1.82) is 0 Å². The third-order valence-corrected chi connectivity index (χ3v) is 6.35. The average molecular weight is 451 g/mol. The number of benzene rings is 2. The van der Waals surface area contributed by atoms with Gasteiger partial charge in [0.1, 0.15) is 17.3 Å². The Morgan fingerprint density at radius 3 is 2.73 bits per heavy atom. The zero-order valence-electron chi connectivity index (χ0n) is 18.2. The van der Waals surface area contributed by atoms with Crippen molar-refractivity contribution in [2.75, 3.05) is 11.4 Å². The van der Waals surface area contributed by atoms with E-state index in [2.05, 4.69) is 10.4 Å². The lowest BCUT2D eigenvalue weighted by Crippen LogP contribution is -2.54. The standard InChI is InChI=1S/C25H27FN4O3/c26-19-5-3-8-22-24(19)29(15-17-9-11-18(12-10-17)30-14-4-13-27-30)16-23(33-22)25(32)28-20-6-1-2-7-21(20)31/h3-5,8-14,20-21,23,31H,1-2,6-7,15-16H2,(H,28,32)/t20-,21-,23?/m0/s1. The molecule has 2 aromatic carbocycles. The molecule has 2 N–H and O–H groups in total. The van der Waals surface area contributed by atoms with Crippen LogP contribution in [0.2, 0.25) is 0 Å². The molecule has 0 radical (unpaired) electrons. The molecule has 1 amide bonds. The van der Waals surface area contributed by atoms with Crippen molar-refractivity contribution in [2.24, 2.45) is 0 Å². The Balaban J connectivity index is 1.35. The molecule has 0 bridgehead atoms. The van der Waals surface area contributed by atoms with Crippen molar-refractivity contribution in [3.05, 3.63) is 72.3 Å². The van der Waals surface area contributed by atoms with Crippen LogP contribution in [0.3, 0.4) is 0 Å². The van der Waals surface area contributed by atoms with Crippen LogP contribution in [0.15, 0.2) is 60.9 Å². The van der Waals surface area contributed by atoms with Gasteiger partial charge < -0.3 is 20.1 Å². The van der Waals surface area contributed by atoms with Gasteiger partial charge in [-0.05, 0) is 48.7 Å². The molecule has 1 saturated carbocycles. The van der Waals surface area contributed by atoms with Gasteiger partial charge in [-0.15, -0.1) is 0 Å². The predicted molar refractivity (Wildman–Crippen MR) is 122 cm³/mol. The summed E-state index contributed by atoms with van der Waals surface area (Å²) in [6, 6.07) is 14.1. The first-order valence-corrected chi connectivity index (χ1v) is 11.4. The van der Waals surface area contributed by atoms with Crippen LogP contribution < -0.4 is 15.0 Å². The minimum Gasteiger partial charge on any atom is -0.476 e. The zero-order valence-corrected chi connectivity index (χ0v) is 18.2. The van der Waals surface area contributed by atoms with Crippen LogP contribution in [0.4, 0.5) is 10.1 Å². The highest BCUT2D eigenvalue weighted by Gasteiger charge is 2.35. The molecular formula is C25H27FN4O3. The van der Waals surface area contributed by atoms with E-state index in [-0.39, 0.29) is 24.3 Å². The molecule has 5 rings (SSSR count). The highest BCUT2D eigenvalue weighted by atomic mass is 19.1. The van der Waals surface area contributed by atoms with Gasteiger partial charge in [0.2, 0.25) is 0 Å². The SMILES string of the molecule is O=C(N[C@H]1CCCC[C@@H]1O)C1CN(Cc2ccc(-n3cccn3)cc2)c2c(F)cccc2O1. The molecular weight excluding hydrogens is 423 g/mol. The second-order valence-corrected chi connectivity index (χ2v) is 8.66. The first kappa shape index (κ1) is 21.5. The average Bonchev–Trinajstić information content (AvgIpc) is 3.36. The topological polar surface area (TPSA) is 79.6 Å². The summed E-state index contributed by atoms with van der Waals surface area (Å²) in [6.07, 6.45) is 5.63. The lowest BCUT2D eigenvalue weighted by atomic mass is 9.92. The second-order valence-electron chi connectivity index (χ2n) is 8.66. The highest BCUT2D eigenvalue weighted by molar-refractivity contribution is 5.83. The Hall–Kier alpha value is -3.39. The summed E-state index contributed by atoms with van der Waals surface area (Å²) in [5, 5.41) is 17.4. The molecule has 1 aliphatic heterocycles. The normalized spacial score (nSPS) is 22.4. The number of rotatable bonds is 5. The van der Waals surface area contributed by atoms with Crippen LogP contribution >= 0.6 is 0 Å². The van der Waals surface area contributed by atoms with E-state index < -0.39 is 12.2 Å². The maximum absolute atomic E-state index is 14.8. The molecule has 2 aliphatic rings. The van der Waals surface area contributed by atoms with Crippen molar-refractivity contribution in [1.82, 2.24) is 15.1 Å². The first-order chi connectivity index (χ1) is 16.1. The molecule has 1 fully saturated rings. The molecule has 0 spiro atoms. The first-order valence-electron chi connectivity index (χ1n) is 11.4. The smallest absolute Gasteiger partial charge is 0.263 e. The van der Waals surface area contributed by atoms with Crippen molar-refractivity contribution in [2.45, 2.75) is 50.5 Å². The summed E-state index contributed by atoms with van der Waals surface area (Å²) in [6.45, 7) is 0.635. The van der Waals surface area contributed by atoms with Gasteiger partial charge in [0.25, 0.3) is 5.91 Å². The molecule has 3 atom stereocenters. The number of aliphatic hydroxyl groups excluding tert-OH is 1. The lowest BCUT2D eigenvalue weighted by molar-refractivity contribution is -0.129. The van der Waals surface area contributed by atoms with Crippen LogP contribution in [0.25, 0.3) is 5.69 Å². The molecule has 1 aliphatic carbocycles. The number of carbonyl (C=O) groups is 1. The number of carbonyl (C=O) groups excluding carboxylic acids is 1. The van der Waals surface area contributed by atoms with Gasteiger partial charge in [0.15, 0.2) is 6.10 Å². The Morgan fingerprint density at radius 2 is 1.97 bits per heavy atom. The Bertz CT molecular complexity index is 1100. The van der Waals surface area contributed by atoms with Crippen molar-refractivity contribution < 1.29 is 19.0 Å². The summed E-state index contributed by atoms with van der Waals surface area (Å²) in [7, 11) is 0. The van der Waals surface area contributed by atoms with Crippen LogP contribution in [0.5, 0.6) is 5.75 Å². The van der Waals surface area contributed by atoms with Crippen LogP contribution in [-0.4, -0.2) is 45.6 Å². The molecule has 172 valence electrons. The van der Waals surface area contributed by atoms with Crippen molar-refractivity contribution in [3.63, 3.8) is 0 Å². The van der Waals surface area contributed by atoms with E-state index >= 15 is 0 Å². The molecule has 33 heavy (non-hydrogen) atoms. The van der Waals surface area contributed by atoms with Crippen molar-refractivity contribution in [3.8, 4) is 11.4 Å². The number of amides is 1. The lowest BCUT2D eigenvalue weighted by Gasteiger charge is -2.37. The van der Waals surface area contributed by atoms with E-state index in [9.17, 15) is 14.3 Å². The van der Waals surface area contributed by atoms with Gasteiger partial charge in [0, 0.05) is 18.9 Å². The molecule has 0 saturated heterocycles. The number of ether oxygens (including phenoxy) is 1. The number of fused-ring (bicyclic) bond motifs is 1. The summed E-state index contributed by atoms with van der Waals surface area (Å²) in [5.41, 5.74) is 2.26. The van der Waals surface area contributed by atoms with Gasteiger partial charge in [-0.3, -0.25) is 4.79 Å². The van der Waals surface area contributed by atoms with Crippen molar-refractivity contribution >= 4 is 11.6 Å². The number of para-hydroxylation sites is 1. The van der Waals surface area contributed by atoms with E-state index in [1.165, 1.54) is 6.07 Å². The number of aromatic nitrogens is 2. The number of nitrogens with zero attached hydrogens (tertiary/aromatic N) is 3. The fraction of sp³-hybridized carbons (Fsp3) is 0.360. The van der Waals surface area contributed by atoms with E-state index in [1.54, 1.807) is 23.0 Å². The van der Waals surface area contributed by atoms with Gasteiger partial charge >= 0.3 is 0 Å². The van der Waals surface area contributed by atoms with Gasteiger partial charge in [-0.1, -0.05) is 31.0 Å². The summed E-state index contributed by atoms with van der Waals surface area (Å²) < 4.78 is 22.4. The quantitative estimate of drug-likeness (QED) is 0.624. The fourth-order valence-corrected chi connectivity index (χ4v) is 4.61. The summed E-state index contributed by atoms with van der Waals surface area (Å²) in [4.78, 5) is 14.8. The van der Waals surface area contributed by atoms with E-state index in [0.29, 0.717) is 24.4 Å². The Kier molecular flexibility index (Phi) is 6.00. The predicted octanol–water partition coefficient (Wildman–Crippen LogP) is 3.20. The van der Waals surface area contributed by atoms with E-state index in [0.717, 1.165) is 30.5 Å². The highest BCUT2D eigenvalue weighted by Crippen LogP contribution is 2.37. The zero-order chi connectivity index (χ0) is 22.8. The maximum atomic E-state index is 14.8. The minimum absolute atomic E-state index is 0.212. The number of halogens is 1. The summed E-state index contributed by atoms with van der Waals surface area (Å²) >= 11 is 0. The minimum atomic E-state index is -0.795. The van der Waals surface area contributed by atoms with Crippen LogP contribution in [0, 0.1) is 5.82 Å². The van der Waals surface area contributed by atoms with Gasteiger partial charge in [0.05, 0.1) is 24.4 Å². The molecule has 7 nitrogen and oxygen atoms in total. The van der Waals surface area contributed by atoms with E-state index in [1.807, 2.05) is 41.4 Å². The number of aliphatic hydroxyl groups is 1. The van der Waals surface area contributed by atoms with E-state index in [4.69, 9.17) is 4.74 Å². The number of hydrogen-bond donors (Lipinski definition) is 2. The molecule has 2 heterocycles. The number of nitrogens with one attached hydrogen (secondary N) is 1. The fourth-order valence-electron chi connectivity index (χ4n) is 4.61. The largest absolute Gasteiger partial charge is 0.476 e. The monoisotopic (exact) mass is 450 g/mol. The third kappa shape index (κ3) is 4.57. The Labute approximate surface area is 191 Å². The molecule has 1 unspecified atom stereocenters. The number of anilines is 1. The van der Waals surface area contributed by atoms with Gasteiger partial charge in [-0.25, -0.2) is 9.07 Å². The third-order valence-electron chi connectivity index (χ3n) is 6.35. The summed E-state index contributed by atoms with van der Waals surface area (Å²) in [5.74, 6) is -0.323. The van der Waals surface area contributed by atoms with Crippen LogP contribution in [0.1, 0.15) is 31.2 Å². The number of hydrogen-bond acceptors (Lipinski definition) is 5. The molecule has 1 aromatic heterocycles.